The molecule has 0 spiro atoms. The molecule has 0 aliphatic carbocycles. The van der Waals surface area contributed by atoms with Gasteiger partial charge in [0.05, 0.1) is 7.11 Å². The minimum atomic E-state index is -0.463. The van der Waals surface area contributed by atoms with Gasteiger partial charge in [-0.05, 0) is 5.92 Å². The molecule has 0 aromatic heterocycles. The fourth-order valence-electron chi connectivity index (χ4n) is 0.622. The summed E-state index contributed by atoms with van der Waals surface area (Å²) < 4.78 is 4.47. The Morgan fingerprint density at radius 2 is 2.20 bits per heavy atom. The van der Waals surface area contributed by atoms with Gasteiger partial charge in [-0.1, -0.05) is 20.3 Å². The zero-order valence-corrected chi connectivity index (χ0v) is 6.76. The summed E-state index contributed by atoms with van der Waals surface area (Å²) in [7, 11) is 1.35. The molecule has 0 aliphatic rings. The molecule has 2 atom stereocenters. The summed E-state index contributed by atoms with van der Waals surface area (Å²) >= 11 is 0. The highest BCUT2D eigenvalue weighted by atomic mass is 16.5. The highest BCUT2D eigenvalue weighted by molar-refractivity contribution is 5.75. The third-order valence-corrected chi connectivity index (χ3v) is 1.73. The van der Waals surface area contributed by atoms with E-state index < -0.39 is 6.04 Å². The summed E-state index contributed by atoms with van der Waals surface area (Å²) in [5.41, 5.74) is 5.51. The van der Waals surface area contributed by atoms with Gasteiger partial charge in [-0.2, -0.15) is 0 Å². The number of hydrogen-bond donors (Lipinski definition) is 1. The van der Waals surface area contributed by atoms with Crippen molar-refractivity contribution in [3.63, 3.8) is 0 Å². The number of carbonyl (C=O) groups excluding carboxylic acids is 1. The zero-order valence-electron chi connectivity index (χ0n) is 6.76. The van der Waals surface area contributed by atoms with E-state index in [1.54, 1.807) is 0 Å². The van der Waals surface area contributed by atoms with Crippen molar-refractivity contribution >= 4 is 5.97 Å². The van der Waals surface area contributed by atoms with Gasteiger partial charge in [-0.25, -0.2) is 0 Å². The lowest BCUT2D eigenvalue weighted by atomic mass is 10.0. The molecule has 1 unspecified atom stereocenters. The number of hydrogen-bond acceptors (Lipinski definition) is 3. The summed E-state index contributed by atoms with van der Waals surface area (Å²) in [5, 5.41) is 0. The normalized spacial score (nSPS) is 16.0. The van der Waals surface area contributed by atoms with Crippen LogP contribution in [0, 0.1) is 5.92 Å². The second-order valence-electron chi connectivity index (χ2n) is 2.43. The van der Waals surface area contributed by atoms with Gasteiger partial charge in [0.1, 0.15) is 6.04 Å². The van der Waals surface area contributed by atoms with E-state index in [9.17, 15) is 4.79 Å². The maximum absolute atomic E-state index is 10.8. The van der Waals surface area contributed by atoms with Crippen LogP contribution in [0.3, 0.4) is 0 Å². The average molecular weight is 145 g/mol. The van der Waals surface area contributed by atoms with Crippen LogP contribution in [0.5, 0.6) is 0 Å². The average Bonchev–Trinajstić information content (AvgIpc) is 2.00. The van der Waals surface area contributed by atoms with E-state index in [0.717, 1.165) is 6.42 Å². The van der Waals surface area contributed by atoms with Crippen LogP contribution in [-0.4, -0.2) is 19.1 Å². The molecule has 0 heterocycles. The van der Waals surface area contributed by atoms with E-state index in [1.165, 1.54) is 7.11 Å². The lowest BCUT2D eigenvalue weighted by Gasteiger charge is -2.14. The topological polar surface area (TPSA) is 52.3 Å². The second kappa shape index (κ2) is 4.28. The first-order valence-electron chi connectivity index (χ1n) is 3.46. The minimum absolute atomic E-state index is 0.201. The Morgan fingerprint density at radius 3 is 2.50 bits per heavy atom. The quantitative estimate of drug-likeness (QED) is 0.589. The summed E-state index contributed by atoms with van der Waals surface area (Å²) in [6, 6.07) is -0.463. The molecule has 10 heavy (non-hydrogen) atoms. The SMILES string of the molecule is CCC(C)[C@@H](N)C(=O)OC. The van der Waals surface area contributed by atoms with Gasteiger partial charge in [0.2, 0.25) is 0 Å². The minimum Gasteiger partial charge on any atom is -0.468 e. The first kappa shape index (κ1) is 9.43. The molecule has 2 N–H and O–H groups in total. The Kier molecular flexibility index (Phi) is 4.03. The number of esters is 1. The zero-order chi connectivity index (χ0) is 8.15. The maximum Gasteiger partial charge on any atom is 0.322 e. The Hall–Kier alpha value is -0.570. The van der Waals surface area contributed by atoms with Crippen molar-refractivity contribution in [1.29, 1.82) is 0 Å². The van der Waals surface area contributed by atoms with Crippen molar-refractivity contribution in [2.24, 2.45) is 11.7 Å². The molecule has 0 fully saturated rings. The van der Waals surface area contributed by atoms with Crippen molar-refractivity contribution < 1.29 is 9.53 Å². The third kappa shape index (κ3) is 2.35. The van der Waals surface area contributed by atoms with Crippen LogP contribution in [0.25, 0.3) is 0 Å². The van der Waals surface area contributed by atoms with Gasteiger partial charge < -0.3 is 10.5 Å². The molecule has 0 bridgehead atoms. The molecule has 60 valence electrons. The van der Waals surface area contributed by atoms with Crippen LogP contribution >= 0.6 is 0 Å². The van der Waals surface area contributed by atoms with Crippen molar-refractivity contribution in [3.05, 3.63) is 0 Å². The Balaban J connectivity index is 3.81. The van der Waals surface area contributed by atoms with Crippen LogP contribution in [0.4, 0.5) is 0 Å². The van der Waals surface area contributed by atoms with E-state index in [4.69, 9.17) is 5.73 Å². The van der Waals surface area contributed by atoms with Gasteiger partial charge in [-0.3, -0.25) is 4.79 Å². The van der Waals surface area contributed by atoms with E-state index in [0.29, 0.717) is 0 Å². The standard InChI is InChI=1S/C7H15NO2/c1-4-5(2)6(8)7(9)10-3/h5-6H,4,8H2,1-3H3/t5?,6-/m1/s1. The predicted molar refractivity (Wildman–Crippen MR) is 39.4 cm³/mol. The molecule has 0 radical (unpaired) electrons. The van der Waals surface area contributed by atoms with Crippen molar-refractivity contribution in [1.82, 2.24) is 0 Å². The molecule has 0 aromatic rings. The third-order valence-electron chi connectivity index (χ3n) is 1.73. The van der Waals surface area contributed by atoms with E-state index in [2.05, 4.69) is 4.74 Å². The van der Waals surface area contributed by atoms with Gasteiger partial charge in [0, 0.05) is 0 Å². The van der Waals surface area contributed by atoms with E-state index >= 15 is 0 Å². The van der Waals surface area contributed by atoms with Crippen LogP contribution in [0.2, 0.25) is 0 Å². The maximum atomic E-state index is 10.8. The Bertz CT molecular complexity index is 114. The molecule has 0 aliphatic heterocycles. The largest absolute Gasteiger partial charge is 0.468 e. The molecular formula is C7H15NO2. The number of rotatable bonds is 3. The number of methoxy groups -OCH3 is 1. The fourth-order valence-corrected chi connectivity index (χ4v) is 0.622. The Morgan fingerprint density at radius 1 is 1.70 bits per heavy atom. The van der Waals surface area contributed by atoms with Gasteiger partial charge in [-0.15, -0.1) is 0 Å². The van der Waals surface area contributed by atoms with Crippen molar-refractivity contribution in [3.8, 4) is 0 Å². The number of nitrogens with two attached hydrogens (primary N) is 1. The highest BCUT2D eigenvalue weighted by Crippen LogP contribution is 2.05. The van der Waals surface area contributed by atoms with Crippen LogP contribution < -0.4 is 5.73 Å². The van der Waals surface area contributed by atoms with Crippen molar-refractivity contribution in [2.45, 2.75) is 26.3 Å². The van der Waals surface area contributed by atoms with Crippen LogP contribution in [-0.2, 0) is 9.53 Å². The predicted octanol–water partition coefficient (Wildman–Crippen LogP) is 0.533. The lowest BCUT2D eigenvalue weighted by Crippen LogP contribution is -2.37. The second-order valence-corrected chi connectivity index (χ2v) is 2.43. The Labute approximate surface area is 61.5 Å². The summed E-state index contributed by atoms with van der Waals surface area (Å²) in [4.78, 5) is 10.8. The fraction of sp³-hybridized carbons (Fsp3) is 0.857. The van der Waals surface area contributed by atoms with Crippen LogP contribution in [0.1, 0.15) is 20.3 Å². The monoisotopic (exact) mass is 145 g/mol. The van der Waals surface area contributed by atoms with E-state index in [1.807, 2.05) is 13.8 Å². The molecule has 0 saturated carbocycles. The summed E-state index contributed by atoms with van der Waals surface area (Å²) in [6.07, 6.45) is 0.899. The molecular weight excluding hydrogens is 130 g/mol. The first-order chi connectivity index (χ1) is 4.63. The number of ether oxygens (including phenoxy) is 1. The molecule has 0 aromatic carbocycles. The molecule has 3 heteroatoms. The lowest BCUT2D eigenvalue weighted by molar-refractivity contribution is -0.143. The number of carbonyl (C=O) groups is 1. The van der Waals surface area contributed by atoms with Crippen molar-refractivity contribution in [2.75, 3.05) is 7.11 Å². The first-order valence-corrected chi connectivity index (χ1v) is 3.46. The smallest absolute Gasteiger partial charge is 0.322 e. The van der Waals surface area contributed by atoms with Crippen LogP contribution in [0.15, 0.2) is 0 Å². The summed E-state index contributed by atoms with van der Waals surface area (Å²) in [5.74, 6) is -0.123. The summed E-state index contributed by atoms with van der Waals surface area (Å²) in [6.45, 7) is 3.93. The van der Waals surface area contributed by atoms with Gasteiger partial charge in [0.15, 0.2) is 0 Å². The molecule has 0 saturated heterocycles. The molecule has 0 rings (SSSR count). The van der Waals surface area contributed by atoms with Gasteiger partial charge in [0.25, 0.3) is 0 Å². The molecule has 0 amide bonds. The van der Waals surface area contributed by atoms with E-state index in [-0.39, 0.29) is 11.9 Å². The highest BCUT2D eigenvalue weighted by Gasteiger charge is 2.19. The molecule has 3 nitrogen and oxygen atoms in total. The van der Waals surface area contributed by atoms with Gasteiger partial charge >= 0.3 is 5.97 Å².